The molecule has 23 heavy (non-hydrogen) atoms. The van der Waals surface area contributed by atoms with Crippen LogP contribution in [0.1, 0.15) is 13.3 Å². The Labute approximate surface area is 134 Å². The summed E-state index contributed by atoms with van der Waals surface area (Å²) < 4.78 is 22.3. The van der Waals surface area contributed by atoms with Crippen LogP contribution >= 0.6 is 0 Å². The van der Waals surface area contributed by atoms with Gasteiger partial charge in [-0.2, -0.15) is 5.26 Å². The fraction of sp³-hybridized carbons (Fsp3) is 0.286. The Hall–Kier alpha value is -2.41. The topological polar surface area (TPSA) is 145 Å². The Balaban J connectivity index is 2.81. The molecule has 1 atom stereocenters. The predicted molar refractivity (Wildman–Crippen MR) is 84.4 cm³/mol. The van der Waals surface area contributed by atoms with E-state index >= 15 is 0 Å². The second-order valence-electron chi connectivity index (χ2n) is 4.65. The lowest BCUT2D eigenvalue weighted by Crippen LogP contribution is -2.28. The number of nitriles is 1. The largest absolute Gasteiger partial charge is 0.394 e. The first-order chi connectivity index (χ1) is 10.8. The highest BCUT2D eigenvalue weighted by Gasteiger charge is 2.12. The molecule has 9 heteroatoms. The van der Waals surface area contributed by atoms with Gasteiger partial charge in [-0.05, 0) is 30.7 Å². The fourth-order valence-corrected chi connectivity index (χ4v) is 2.09. The smallest absolute Gasteiger partial charge is 0.267 e. The number of anilines is 1. The highest BCUT2D eigenvalue weighted by atomic mass is 32.2. The van der Waals surface area contributed by atoms with Crippen molar-refractivity contribution in [2.75, 3.05) is 11.9 Å². The molecule has 0 saturated carbocycles. The maximum absolute atomic E-state index is 12.0. The number of hydrogen-bond donors (Lipinski definition) is 4. The van der Waals surface area contributed by atoms with Crippen molar-refractivity contribution in [3.05, 3.63) is 36.0 Å². The summed E-state index contributed by atoms with van der Waals surface area (Å²) in [5.41, 5.74) is 0.144. The lowest BCUT2D eigenvalue weighted by molar-refractivity contribution is -0.112. The van der Waals surface area contributed by atoms with E-state index in [9.17, 15) is 13.2 Å². The number of nitrogens with one attached hydrogen (secondary N) is 2. The van der Waals surface area contributed by atoms with Crippen molar-refractivity contribution < 1.29 is 18.3 Å². The third kappa shape index (κ3) is 5.71. The summed E-state index contributed by atoms with van der Waals surface area (Å²) in [6, 6.07) is 6.72. The Morgan fingerprint density at radius 1 is 1.43 bits per heavy atom. The molecule has 8 nitrogen and oxygen atoms in total. The molecule has 1 rings (SSSR count). The molecule has 1 unspecified atom stereocenters. The number of sulfonamides is 1. The Morgan fingerprint density at radius 2 is 2.04 bits per heavy atom. The zero-order chi connectivity index (χ0) is 17.5. The zero-order valence-corrected chi connectivity index (χ0v) is 13.3. The number of carbonyl (C=O) groups excluding carboxylic acids is 1. The average Bonchev–Trinajstić information content (AvgIpc) is 2.51. The van der Waals surface area contributed by atoms with E-state index < -0.39 is 15.9 Å². The number of nitrogens with zero attached hydrogens (tertiary/aromatic N) is 1. The van der Waals surface area contributed by atoms with Gasteiger partial charge in [-0.3, -0.25) is 4.79 Å². The summed E-state index contributed by atoms with van der Waals surface area (Å²) in [5, 5.41) is 28.3. The van der Waals surface area contributed by atoms with Crippen molar-refractivity contribution in [3.8, 4) is 6.07 Å². The normalized spacial score (nSPS) is 13.0. The van der Waals surface area contributed by atoms with Crippen LogP contribution in [0.4, 0.5) is 5.69 Å². The molecule has 0 radical (unpaired) electrons. The third-order valence-electron chi connectivity index (χ3n) is 2.98. The monoisotopic (exact) mass is 338 g/mol. The zero-order valence-electron chi connectivity index (χ0n) is 12.5. The summed E-state index contributed by atoms with van der Waals surface area (Å²) in [5.74, 6) is -0.656. The van der Waals surface area contributed by atoms with Crippen molar-refractivity contribution in [1.29, 1.82) is 5.26 Å². The number of primary sulfonamides is 1. The van der Waals surface area contributed by atoms with Crippen LogP contribution in [0.25, 0.3) is 0 Å². The first kappa shape index (κ1) is 18.6. The van der Waals surface area contributed by atoms with E-state index in [2.05, 4.69) is 10.6 Å². The van der Waals surface area contributed by atoms with Crippen LogP contribution in [0.3, 0.4) is 0 Å². The molecule has 1 aromatic rings. The van der Waals surface area contributed by atoms with Gasteiger partial charge in [-0.25, -0.2) is 13.6 Å². The minimum absolute atomic E-state index is 0.0815. The van der Waals surface area contributed by atoms with E-state index in [0.29, 0.717) is 12.1 Å². The summed E-state index contributed by atoms with van der Waals surface area (Å²) >= 11 is 0. The molecule has 0 saturated heterocycles. The lowest BCUT2D eigenvalue weighted by Gasteiger charge is -2.12. The van der Waals surface area contributed by atoms with Crippen LogP contribution in [0.15, 0.2) is 40.9 Å². The van der Waals surface area contributed by atoms with E-state index in [0.717, 1.165) is 0 Å². The average molecular weight is 338 g/mol. The summed E-state index contributed by atoms with van der Waals surface area (Å²) in [6.07, 6.45) is 1.86. The number of benzene rings is 1. The van der Waals surface area contributed by atoms with Gasteiger partial charge in [0.15, 0.2) is 0 Å². The first-order valence-corrected chi connectivity index (χ1v) is 8.27. The molecule has 0 bridgehead atoms. The van der Waals surface area contributed by atoms with E-state index in [1.54, 1.807) is 6.07 Å². The number of amides is 1. The second-order valence-corrected chi connectivity index (χ2v) is 6.21. The molecule has 124 valence electrons. The third-order valence-corrected chi connectivity index (χ3v) is 3.91. The quantitative estimate of drug-likeness (QED) is 0.408. The molecule has 0 aliphatic carbocycles. The fourth-order valence-electron chi connectivity index (χ4n) is 1.58. The lowest BCUT2D eigenvalue weighted by atomic mass is 10.2. The number of hydrogen-bond acceptors (Lipinski definition) is 6. The number of rotatable bonds is 7. The highest BCUT2D eigenvalue weighted by molar-refractivity contribution is 7.89. The summed E-state index contributed by atoms with van der Waals surface area (Å²) in [6.45, 7) is 1.73. The molecule has 0 fully saturated rings. The van der Waals surface area contributed by atoms with E-state index in [-0.39, 0.29) is 23.1 Å². The van der Waals surface area contributed by atoms with E-state index in [4.69, 9.17) is 15.5 Å². The first-order valence-electron chi connectivity index (χ1n) is 6.73. The Morgan fingerprint density at radius 3 is 2.48 bits per heavy atom. The number of aliphatic hydroxyl groups is 1. The number of nitrogens with two attached hydrogens (primary N) is 1. The molecule has 1 amide bonds. The SMILES string of the molecule is CCC(CO)N/C=C(/C#N)C(=O)Nc1ccc(S(N)(=O)=O)cc1. The minimum atomic E-state index is -3.80. The molecule has 0 aliphatic heterocycles. The molecule has 1 aromatic carbocycles. The molecule has 5 N–H and O–H groups in total. The summed E-state index contributed by atoms with van der Waals surface area (Å²) in [7, 11) is -3.80. The van der Waals surface area contributed by atoms with E-state index in [1.165, 1.54) is 30.5 Å². The molecule has 0 spiro atoms. The van der Waals surface area contributed by atoms with Gasteiger partial charge in [-0.15, -0.1) is 0 Å². The van der Waals surface area contributed by atoms with Gasteiger partial charge >= 0.3 is 0 Å². The molecular formula is C14H18N4O4S. The Bertz CT molecular complexity index is 716. The van der Waals surface area contributed by atoms with Crippen LogP contribution in [0.5, 0.6) is 0 Å². The van der Waals surface area contributed by atoms with Crippen LogP contribution in [-0.4, -0.2) is 32.1 Å². The molecule has 0 aliphatic rings. The van der Waals surface area contributed by atoms with Gasteiger partial charge < -0.3 is 15.7 Å². The van der Waals surface area contributed by atoms with Gasteiger partial charge in [0, 0.05) is 17.9 Å². The standard InChI is InChI=1S/C14H18N4O4S/c1-2-11(9-19)17-8-10(7-15)14(20)18-12-3-5-13(6-4-12)23(16,21)22/h3-6,8,11,17,19H,2,9H2,1H3,(H,18,20)(H2,16,21,22)/b10-8-. The predicted octanol–water partition coefficient (Wildman–Crippen LogP) is 0.0405. The van der Waals surface area contributed by atoms with Crippen LogP contribution in [0, 0.1) is 11.3 Å². The van der Waals surface area contributed by atoms with Crippen LogP contribution in [0.2, 0.25) is 0 Å². The maximum atomic E-state index is 12.0. The van der Waals surface area contributed by atoms with E-state index in [1.807, 2.05) is 6.92 Å². The van der Waals surface area contributed by atoms with Crippen molar-refractivity contribution in [2.24, 2.45) is 5.14 Å². The van der Waals surface area contributed by atoms with Crippen molar-refractivity contribution in [1.82, 2.24) is 5.32 Å². The Kier molecular flexibility index (Phi) is 6.71. The van der Waals surface area contributed by atoms with Crippen molar-refractivity contribution in [3.63, 3.8) is 0 Å². The number of carbonyl (C=O) groups is 1. The highest BCUT2D eigenvalue weighted by Crippen LogP contribution is 2.13. The van der Waals surface area contributed by atoms with Gasteiger partial charge in [0.2, 0.25) is 10.0 Å². The molecule has 0 heterocycles. The van der Waals surface area contributed by atoms with Crippen molar-refractivity contribution >= 4 is 21.6 Å². The van der Waals surface area contributed by atoms with Gasteiger partial charge in [0.05, 0.1) is 11.5 Å². The van der Waals surface area contributed by atoms with Gasteiger partial charge in [0.25, 0.3) is 5.91 Å². The van der Waals surface area contributed by atoms with Crippen molar-refractivity contribution in [2.45, 2.75) is 24.3 Å². The van der Waals surface area contributed by atoms with Crippen LogP contribution in [-0.2, 0) is 14.8 Å². The molecule has 0 aromatic heterocycles. The second kappa shape index (κ2) is 8.28. The number of aliphatic hydroxyl groups excluding tert-OH is 1. The minimum Gasteiger partial charge on any atom is -0.394 e. The maximum Gasteiger partial charge on any atom is 0.267 e. The van der Waals surface area contributed by atoms with Gasteiger partial charge in [-0.1, -0.05) is 6.92 Å². The van der Waals surface area contributed by atoms with Crippen LogP contribution < -0.4 is 15.8 Å². The summed E-state index contributed by atoms with van der Waals surface area (Å²) in [4.78, 5) is 11.9. The van der Waals surface area contributed by atoms with Gasteiger partial charge in [0.1, 0.15) is 11.6 Å². The molecular weight excluding hydrogens is 320 g/mol.